The number of halogens is 2. The van der Waals surface area contributed by atoms with Crippen molar-refractivity contribution in [2.24, 2.45) is 0 Å². The number of aliphatic carboxylic acids is 1. The number of hydrogen-bond donors (Lipinski definition) is 3. The average Bonchev–Trinajstić information content (AvgIpc) is 2.90. The number of carboxylic acid groups (broad SMARTS) is 1. The van der Waals surface area contributed by atoms with E-state index in [2.05, 4.69) is 26.6 Å². The average molecular weight is 378 g/mol. The first-order valence-corrected chi connectivity index (χ1v) is 7.51. The molecule has 1 heterocycles. The zero-order chi connectivity index (χ0) is 15.4. The maximum atomic E-state index is 11.8. The Labute approximate surface area is 134 Å². The van der Waals surface area contributed by atoms with Crippen LogP contribution >= 0.6 is 27.5 Å². The van der Waals surface area contributed by atoms with E-state index in [-0.39, 0.29) is 12.6 Å². The standard InChI is InChI=1S/C13H14BrClN2O4/c14-9-3-1-7(15)5-10(9)17-13(20)16-6-8-2-4-11(21-8)12(18)19/h1,3,5,8,11H,2,4,6H2,(H,18,19)(H2,16,17,20). The largest absolute Gasteiger partial charge is 0.479 e. The maximum absolute atomic E-state index is 11.8. The number of hydrogen-bond acceptors (Lipinski definition) is 3. The van der Waals surface area contributed by atoms with Crippen LogP contribution in [0.2, 0.25) is 5.02 Å². The topological polar surface area (TPSA) is 87.7 Å². The van der Waals surface area contributed by atoms with Gasteiger partial charge >= 0.3 is 12.0 Å². The number of nitrogens with one attached hydrogen (secondary N) is 2. The predicted molar refractivity (Wildman–Crippen MR) is 81.7 cm³/mol. The highest BCUT2D eigenvalue weighted by Gasteiger charge is 2.30. The van der Waals surface area contributed by atoms with Crippen molar-refractivity contribution < 1.29 is 19.4 Å². The van der Waals surface area contributed by atoms with Crippen LogP contribution in [0.25, 0.3) is 0 Å². The highest BCUT2D eigenvalue weighted by Crippen LogP contribution is 2.25. The minimum atomic E-state index is -0.968. The van der Waals surface area contributed by atoms with E-state index in [1.54, 1.807) is 18.2 Å². The second-order valence-electron chi connectivity index (χ2n) is 4.62. The molecule has 1 aromatic carbocycles. The Morgan fingerprint density at radius 2 is 2.19 bits per heavy atom. The fourth-order valence-corrected chi connectivity index (χ4v) is 2.52. The zero-order valence-electron chi connectivity index (χ0n) is 10.9. The molecular formula is C13H14BrClN2O4. The summed E-state index contributed by atoms with van der Waals surface area (Å²) in [7, 11) is 0. The maximum Gasteiger partial charge on any atom is 0.332 e. The van der Waals surface area contributed by atoms with Gasteiger partial charge in [-0.05, 0) is 47.0 Å². The molecule has 1 saturated heterocycles. The summed E-state index contributed by atoms with van der Waals surface area (Å²) in [6.07, 6.45) is 0.0166. The Morgan fingerprint density at radius 1 is 1.43 bits per heavy atom. The van der Waals surface area contributed by atoms with Crippen LogP contribution in [-0.4, -0.2) is 35.9 Å². The van der Waals surface area contributed by atoms with Crippen LogP contribution in [0.15, 0.2) is 22.7 Å². The molecule has 2 unspecified atom stereocenters. The van der Waals surface area contributed by atoms with Crippen molar-refractivity contribution in [3.8, 4) is 0 Å². The molecule has 0 radical (unpaired) electrons. The molecule has 1 aliphatic heterocycles. The van der Waals surface area contributed by atoms with Crippen molar-refractivity contribution in [2.75, 3.05) is 11.9 Å². The molecule has 0 saturated carbocycles. The quantitative estimate of drug-likeness (QED) is 0.753. The van der Waals surface area contributed by atoms with Crippen LogP contribution < -0.4 is 10.6 Å². The van der Waals surface area contributed by atoms with E-state index in [4.69, 9.17) is 21.4 Å². The number of anilines is 1. The van der Waals surface area contributed by atoms with Gasteiger partial charge in [0.25, 0.3) is 0 Å². The molecule has 0 spiro atoms. The van der Waals surface area contributed by atoms with Crippen LogP contribution in [0.5, 0.6) is 0 Å². The molecule has 0 aliphatic carbocycles. The lowest BCUT2D eigenvalue weighted by molar-refractivity contribution is -0.149. The lowest BCUT2D eigenvalue weighted by Crippen LogP contribution is -2.36. The SMILES string of the molecule is O=C(NCC1CCC(C(=O)O)O1)Nc1cc(Cl)ccc1Br. The van der Waals surface area contributed by atoms with Gasteiger partial charge in [-0.1, -0.05) is 11.6 Å². The first-order chi connectivity index (χ1) is 9.95. The first kappa shape index (κ1) is 16.1. The number of benzene rings is 1. The fourth-order valence-electron chi connectivity index (χ4n) is 2.00. The van der Waals surface area contributed by atoms with Gasteiger partial charge in [0.1, 0.15) is 0 Å². The number of amides is 2. The van der Waals surface area contributed by atoms with Gasteiger partial charge in [0.2, 0.25) is 0 Å². The molecule has 0 bridgehead atoms. The summed E-state index contributed by atoms with van der Waals surface area (Å²) in [5.74, 6) is -0.968. The second kappa shape index (κ2) is 7.11. The summed E-state index contributed by atoms with van der Waals surface area (Å²) < 4.78 is 6.01. The van der Waals surface area contributed by atoms with E-state index < -0.39 is 18.1 Å². The Bertz CT molecular complexity index is 555. The Balaban J connectivity index is 1.80. The fraction of sp³-hybridized carbons (Fsp3) is 0.385. The van der Waals surface area contributed by atoms with Crippen molar-refractivity contribution in [3.05, 3.63) is 27.7 Å². The van der Waals surface area contributed by atoms with Crippen LogP contribution in [0.4, 0.5) is 10.5 Å². The minimum absolute atomic E-state index is 0.258. The zero-order valence-corrected chi connectivity index (χ0v) is 13.3. The molecule has 21 heavy (non-hydrogen) atoms. The number of rotatable bonds is 4. The Kier molecular flexibility index (Phi) is 5.44. The van der Waals surface area contributed by atoms with E-state index in [0.717, 1.165) is 0 Å². The van der Waals surface area contributed by atoms with Crippen LogP contribution in [0.3, 0.4) is 0 Å². The molecule has 2 amide bonds. The molecule has 1 aromatic rings. The van der Waals surface area contributed by atoms with E-state index in [9.17, 15) is 9.59 Å². The first-order valence-electron chi connectivity index (χ1n) is 6.34. The highest BCUT2D eigenvalue weighted by molar-refractivity contribution is 9.10. The number of carboxylic acids is 1. The number of carbonyl (C=O) groups excluding carboxylic acids is 1. The molecular weight excluding hydrogens is 364 g/mol. The van der Waals surface area contributed by atoms with Crippen molar-refractivity contribution in [1.82, 2.24) is 5.32 Å². The van der Waals surface area contributed by atoms with Crippen LogP contribution in [0, 0.1) is 0 Å². The predicted octanol–water partition coefficient (Wildman–Crippen LogP) is 2.86. The van der Waals surface area contributed by atoms with Gasteiger partial charge < -0.3 is 20.5 Å². The van der Waals surface area contributed by atoms with E-state index >= 15 is 0 Å². The molecule has 6 nitrogen and oxygen atoms in total. The number of carbonyl (C=O) groups is 2. The normalized spacial score (nSPS) is 21.0. The van der Waals surface area contributed by atoms with Gasteiger partial charge in [-0.15, -0.1) is 0 Å². The second-order valence-corrected chi connectivity index (χ2v) is 5.91. The summed E-state index contributed by atoms with van der Waals surface area (Å²) in [6, 6.07) is 4.65. The third-order valence-electron chi connectivity index (χ3n) is 3.05. The van der Waals surface area contributed by atoms with Crippen LogP contribution in [0.1, 0.15) is 12.8 Å². The van der Waals surface area contributed by atoms with E-state index in [0.29, 0.717) is 28.0 Å². The molecule has 114 valence electrons. The molecule has 8 heteroatoms. The summed E-state index contributed by atoms with van der Waals surface area (Å²) in [5, 5.41) is 14.6. The third kappa shape index (κ3) is 4.59. The molecule has 1 fully saturated rings. The van der Waals surface area contributed by atoms with Crippen molar-refractivity contribution >= 4 is 45.2 Å². The van der Waals surface area contributed by atoms with Gasteiger partial charge in [0.15, 0.2) is 6.10 Å². The summed E-state index contributed by atoms with van der Waals surface area (Å²) in [5.41, 5.74) is 0.552. The molecule has 3 N–H and O–H groups in total. The van der Waals surface area contributed by atoms with Crippen molar-refractivity contribution in [2.45, 2.75) is 25.0 Å². The number of ether oxygens (including phenoxy) is 1. The van der Waals surface area contributed by atoms with Crippen molar-refractivity contribution in [1.29, 1.82) is 0 Å². The minimum Gasteiger partial charge on any atom is -0.479 e. The van der Waals surface area contributed by atoms with Gasteiger partial charge in [0, 0.05) is 16.0 Å². The summed E-state index contributed by atoms with van der Waals surface area (Å²) in [4.78, 5) is 22.5. The Morgan fingerprint density at radius 3 is 2.86 bits per heavy atom. The molecule has 1 aliphatic rings. The highest BCUT2D eigenvalue weighted by atomic mass is 79.9. The molecule has 2 atom stereocenters. The third-order valence-corrected chi connectivity index (χ3v) is 3.98. The Hall–Kier alpha value is -1.31. The van der Waals surface area contributed by atoms with Crippen molar-refractivity contribution in [3.63, 3.8) is 0 Å². The summed E-state index contributed by atoms with van der Waals surface area (Å²) >= 11 is 9.17. The molecule has 2 rings (SSSR count). The molecule has 0 aromatic heterocycles. The summed E-state index contributed by atoms with van der Waals surface area (Å²) in [6.45, 7) is 0.258. The van der Waals surface area contributed by atoms with Gasteiger partial charge in [0.05, 0.1) is 11.8 Å². The van der Waals surface area contributed by atoms with Gasteiger partial charge in [-0.2, -0.15) is 0 Å². The van der Waals surface area contributed by atoms with Gasteiger partial charge in [-0.3, -0.25) is 0 Å². The van der Waals surface area contributed by atoms with Crippen LogP contribution in [-0.2, 0) is 9.53 Å². The van der Waals surface area contributed by atoms with Gasteiger partial charge in [-0.25, -0.2) is 9.59 Å². The van der Waals surface area contributed by atoms with E-state index in [1.165, 1.54) is 0 Å². The smallest absolute Gasteiger partial charge is 0.332 e. The van der Waals surface area contributed by atoms with E-state index in [1.807, 2.05) is 0 Å². The number of urea groups is 1. The lowest BCUT2D eigenvalue weighted by Gasteiger charge is -2.13. The lowest BCUT2D eigenvalue weighted by atomic mass is 10.2. The monoisotopic (exact) mass is 376 g/mol.